The lowest BCUT2D eigenvalue weighted by molar-refractivity contribution is 0.0936. The van der Waals surface area contributed by atoms with Crippen molar-refractivity contribution >= 4 is 34.2 Å². The van der Waals surface area contributed by atoms with Gasteiger partial charge in [0.15, 0.2) is 11.5 Å². The predicted molar refractivity (Wildman–Crippen MR) is 117 cm³/mol. The molecule has 2 atom stereocenters. The van der Waals surface area contributed by atoms with E-state index in [0.29, 0.717) is 29.2 Å². The van der Waals surface area contributed by atoms with E-state index in [0.717, 1.165) is 22.7 Å². The van der Waals surface area contributed by atoms with E-state index in [2.05, 4.69) is 15.0 Å². The summed E-state index contributed by atoms with van der Waals surface area (Å²) in [7, 11) is 0. The lowest BCUT2D eigenvalue weighted by Gasteiger charge is -2.18. The molecule has 8 nitrogen and oxygen atoms in total. The smallest absolute Gasteiger partial charge is 0.251 e. The van der Waals surface area contributed by atoms with E-state index in [1.165, 1.54) is 11.3 Å². The first kappa shape index (κ1) is 21.3. The second kappa shape index (κ2) is 9.46. The average Bonchev–Trinajstić information content (AvgIpc) is 3.43. The molecule has 2 N–H and O–H groups in total. The molecule has 0 bridgehead atoms. The third kappa shape index (κ3) is 5.22. The molecule has 2 heterocycles. The van der Waals surface area contributed by atoms with E-state index in [4.69, 9.17) is 9.47 Å². The highest BCUT2D eigenvalue weighted by molar-refractivity contribution is 7.80. The summed E-state index contributed by atoms with van der Waals surface area (Å²) in [6, 6.07) is 11.8. The zero-order valence-corrected chi connectivity index (χ0v) is 18.3. The zero-order chi connectivity index (χ0) is 21.8. The van der Waals surface area contributed by atoms with Gasteiger partial charge >= 0.3 is 0 Å². The van der Waals surface area contributed by atoms with Crippen LogP contribution in [-0.2, 0) is 24.1 Å². The van der Waals surface area contributed by atoms with Crippen molar-refractivity contribution < 1.29 is 23.0 Å². The fourth-order valence-electron chi connectivity index (χ4n) is 3.17. The van der Waals surface area contributed by atoms with E-state index in [1.807, 2.05) is 24.4 Å². The minimum atomic E-state index is -2.38. The van der Waals surface area contributed by atoms with Crippen LogP contribution in [0.3, 0.4) is 0 Å². The van der Waals surface area contributed by atoms with Crippen LogP contribution >= 0.6 is 11.3 Å². The summed E-state index contributed by atoms with van der Waals surface area (Å²) in [6.07, 6.45) is 1.32. The summed E-state index contributed by atoms with van der Waals surface area (Å²) in [6.45, 7) is 2.18. The molecule has 1 aliphatic heterocycles. The lowest BCUT2D eigenvalue weighted by atomic mass is 10.0. The molecule has 1 aromatic heterocycles. The van der Waals surface area contributed by atoms with Gasteiger partial charge in [0, 0.05) is 27.9 Å². The molecule has 1 aliphatic rings. The normalized spacial score (nSPS) is 14.1. The molecule has 0 fully saturated rings. The van der Waals surface area contributed by atoms with Gasteiger partial charge < -0.3 is 24.1 Å². The summed E-state index contributed by atoms with van der Waals surface area (Å²) in [5.74, 6) is 0.926. The van der Waals surface area contributed by atoms with Crippen LogP contribution in [0.2, 0.25) is 0 Å². The minimum Gasteiger partial charge on any atom is -0.755 e. The van der Waals surface area contributed by atoms with Crippen molar-refractivity contribution in [1.82, 2.24) is 10.3 Å². The van der Waals surface area contributed by atoms with Crippen molar-refractivity contribution in [3.63, 3.8) is 0 Å². The Kier molecular flexibility index (Phi) is 6.50. The van der Waals surface area contributed by atoms with E-state index < -0.39 is 11.3 Å². The van der Waals surface area contributed by atoms with Crippen molar-refractivity contribution in [2.45, 2.75) is 25.8 Å². The van der Waals surface area contributed by atoms with Gasteiger partial charge in [0.25, 0.3) is 5.91 Å². The first-order chi connectivity index (χ1) is 15.0. The molecule has 3 aromatic rings. The maximum absolute atomic E-state index is 13.0. The molecule has 4 rings (SSSR count). The summed E-state index contributed by atoms with van der Waals surface area (Å²) < 4.78 is 34.6. The number of hydrogen-bond donors (Lipinski definition) is 2. The molecule has 0 saturated carbocycles. The largest absolute Gasteiger partial charge is 0.755 e. The van der Waals surface area contributed by atoms with Crippen LogP contribution in [-0.4, -0.2) is 26.4 Å². The van der Waals surface area contributed by atoms with Crippen LogP contribution in [0.1, 0.15) is 39.6 Å². The number of amides is 1. The second-order valence-corrected chi connectivity index (χ2v) is 8.43. The minimum absolute atomic E-state index is 0.146. The molecule has 162 valence electrons. The SMILES string of the molecule is CCc1csc([C@H](Cc2ccc(NS(=O)[O-])cc2)NC(=O)c2ccc3c(c2)OCO3)n1. The number of carbonyl (C=O) groups excluding carboxylic acids is 1. The van der Waals surface area contributed by atoms with Crippen LogP contribution in [0.25, 0.3) is 0 Å². The number of anilines is 1. The fraction of sp³-hybridized carbons (Fsp3) is 0.238. The first-order valence-electron chi connectivity index (χ1n) is 9.61. The number of thiazole rings is 1. The van der Waals surface area contributed by atoms with Crippen molar-refractivity contribution in [2.75, 3.05) is 11.5 Å². The number of nitrogens with one attached hydrogen (secondary N) is 2. The first-order valence-corrected chi connectivity index (χ1v) is 11.6. The molecule has 31 heavy (non-hydrogen) atoms. The van der Waals surface area contributed by atoms with Crippen LogP contribution in [0.15, 0.2) is 47.8 Å². The Morgan fingerprint density at radius 3 is 2.71 bits per heavy atom. The molecule has 10 heteroatoms. The van der Waals surface area contributed by atoms with E-state index >= 15 is 0 Å². The number of ether oxygens (including phenoxy) is 2. The molecular formula is C21H20N3O5S2-. The Bertz CT molecular complexity index is 1100. The number of carbonyl (C=O) groups is 1. The maximum atomic E-state index is 13.0. The number of rotatable bonds is 8. The summed E-state index contributed by atoms with van der Waals surface area (Å²) in [4.78, 5) is 17.6. The monoisotopic (exact) mass is 458 g/mol. The van der Waals surface area contributed by atoms with Gasteiger partial charge in [-0.05, 0) is 48.7 Å². The molecule has 1 amide bonds. The molecule has 0 spiro atoms. The highest BCUT2D eigenvalue weighted by Gasteiger charge is 2.22. The molecule has 0 radical (unpaired) electrons. The Labute approximate surface area is 186 Å². The van der Waals surface area contributed by atoms with Gasteiger partial charge in [-0.15, -0.1) is 11.3 Å². The second-order valence-electron chi connectivity index (χ2n) is 6.86. The average molecular weight is 459 g/mol. The van der Waals surface area contributed by atoms with Crippen LogP contribution in [0, 0.1) is 0 Å². The summed E-state index contributed by atoms with van der Waals surface area (Å²) in [5.41, 5.74) is 2.85. The third-order valence-electron chi connectivity index (χ3n) is 4.76. The molecule has 0 aliphatic carbocycles. The number of hydrogen-bond acceptors (Lipinski definition) is 7. The Morgan fingerprint density at radius 2 is 2.00 bits per heavy atom. The van der Waals surface area contributed by atoms with Crippen molar-refractivity contribution in [3.8, 4) is 11.5 Å². The van der Waals surface area contributed by atoms with E-state index in [-0.39, 0.29) is 18.7 Å². The van der Waals surface area contributed by atoms with Crippen LogP contribution in [0.4, 0.5) is 5.69 Å². The van der Waals surface area contributed by atoms with Crippen molar-refractivity contribution in [3.05, 3.63) is 69.7 Å². The number of benzene rings is 2. The van der Waals surface area contributed by atoms with Gasteiger partial charge in [-0.1, -0.05) is 19.1 Å². The lowest BCUT2D eigenvalue weighted by Crippen LogP contribution is -2.30. The number of aryl methyl sites for hydroxylation is 1. The molecule has 1 unspecified atom stereocenters. The number of nitrogens with zero attached hydrogens (tertiary/aromatic N) is 1. The van der Waals surface area contributed by atoms with Gasteiger partial charge in [0.2, 0.25) is 6.79 Å². The van der Waals surface area contributed by atoms with Gasteiger partial charge in [-0.3, -0.25) is 9.00 Å². The van der Waals surface area contributed by atoms with Crippen LogP contribution < -0.4 is 19.5 Å². The highest BCUT2D eigenvalue weighted by atomic mass is 32.2. The van der Waals surface area contributed by atoms with Crippen molar-refractivity contribution in [1.29, 1.82) is 0 Å². The van der Waals surface area contributed by atoms with Gasteiger partial charge in [-0.2, -0.15) is 0 Å². The zero-order valence-electron chi connectivity index (χ0n) is 16.6. The van der Waals surface area contributed by atoms with Gasteiger partial charge in [0.05, 0.1) is 11.7 Å². The van der Waals surface area contributed by atoms with Gasteiger partial charge in [-0.25, -0.2) is 4.98 Å². The summed E-state index contributed by atoms with van der Waals surface area (Å²) in [5, 5.41) is 5.88. The predicted octanol–water partition coefficient (Wildman–Crippen LogP) is 3.35. The number of aromatic nitrogens is 1. The Hall–Kier alpha value is -2.95. The van der Waals surface area contributed by atoms with Crippen LogP contribution in [0.5, 0.6) is 11.5 Å². The molecular weight excluding hydrogens is 438 g/mol. The van der Waals surface area contributed by atoms with E-state index in [9.17, 15) is 13.6 Å². The fourth-order valence-corrected chi connectivity index (χ4v) is 4.45. The molecule has 2 aromatic carbocycles. The van der Waals surface area contributed by atoms with Gasteiger partial charge in [0.1, 0.15) is 5.01 Å². The Balaban J connectivity index is 1.54. The number of fused-ring (bicyclic) bond motifs is 1. The van der Waals surface area contributed by atoms with E-state index in [1.54, 1.807) is 30.3 Å². The summed E-state index contributed by atoms with van der Waals surface area (Å²) >= 11 is -0.870. The maximum Gasteiger partial charge on any atom is 0.251 e. The third-order valence-corrected chi connectivity index (χ3v) is 6.17. The topological polar surface area (TPSA) is 113 Å². The quantitative estimate of drug-likeness (QED) is 0.501. The van der Waals surface area contributed by atoms with Crippen molar-refractivity contribution in [2.24, 2.45) is 0 Å². The highest BCUT2D eigenvalue weighted by Crippen LogP contribution is 2.33. The Morgan fingerprint density at radius 1 is 1.23 bits per heavy atom. The standard InChI is InChI=1S/C21H21N3O5S2/c1-2-15-11-30-21(22-15)17(9-13-3-6-16(7-4-13)24-31(26)27)23-20(25)14-5-8-18-19(10-14)29-12-28-18/h3-8,10-11,17,24H,2,9,12H2,1H3,(H,23,25)(H,26,27)/p-1/t17-/m0/s1. The molecule has 0 saturated heterocycles.